The van der Waals surface area contributed by atoms with E-state index in [1.165, 1.54) is 6.33 Å². The van der Waals surface area contributed by atoms with E-state index in [-0.39, 0.29) is 5.78 Å². The molecule has 4 nitrogen and oxygen atoms in total. The zero-order chi connectivity index (χ0) is 10.4. The Kier molecular flexibility index (Phi) is 4.29. The maximum Gasteiger partial charge on any atom is 0.140 e. The van der Waals surface area contributed by atoms with E-state index in [2.05, 4.69) is 17.0 Å². The number of carbonyl (C=O) groups excluding carboxylic acids is 1. The Bertz CT molecular complexity index is 293. The van der Waals surface area contributed by atoms with Crippen LogP contribution >= 0.6 is 0 Å². The van der Waals surface area contributed by atoms with E-state index in [0.717, 1.165) is 25.1 Å². The first kappa shape index (κ1) is 10.9. The third-order valence-corrected chi connectivity index (χ3v) is 2.22. The fraction of sp³-hybridized carbons (Fsp3) is 0.700. The molecule has 0 radical (unpaired) electrons. The predicted octanol–water partition coefficient (Wildman–Crippen LogP) is 1.51. The van der Waals surface area contributed by atoms with Crippen LogP contribution in [0.2, 0.25) is 0 Å². The molecule has 14 heavy (non-hydrogen) atoms. The molecule has 78 valence electrons. The number of hydrogen-bond donors (Lipinski definition) is 0. The second-order valence-electron chi connectivity index (χ2n) is 3.47. The Morgan fingerprint density at radius 3 is 2.86 bits per heavy atom. The summed E-state index contributed by atoms with van der Waals surface area (Å²) in [7, 11) is 1.81. The van der Waals surface area contributed by atoms with E-state index < -0.39 is 0 Å². The average molecular weight is 195 g/mol. The molecule has 0 saturated heterocycles. The van der Waals surface area contributed by atoms with Gasteiger partial charge < -0.3 is 0 Å². The van der Waals surface area contributed by atoms with Crippen molar-refractivity contribution in [3.8, 4) is 0 Å². The quantitative estimate of drug-likeness (QED) is 0.646. The Labute approximate surface area is 84.3 Å². The number of carbonyl (C=O) groups is 1. The number of rotatable bonds is 6. The van der Waals surface area contributed by atoms with Crippen LogP contribution in [-0.4, -0.2) is 20.5 Å². The van der Waals surface area contributed by atoms with Gasteiger partial charge in [-0.05, 0) is 6.42 Å². The van der Waals surface area contributed by atoms with Crippen LogP contribution in [0.4, 0.5) is 0 Å². The monoisotopic (exact) mass is 195 g/mol. The first-order valence-corrected chi connectivity index (χ1v) is 5.08. The minimum atomic E-state index is 0.259. The van der Waals surface area contributed by atoms with Crippen LogP contribution in [0.25, 0.3) is 0 Å². The smallest absolute Gasteiger partial charge is 0.140 e. The molecule has 0 atom stereocenters. The summed E-state index contributed by atoms with van der Waals surface area (Å²) >= 11 is 0. The van der Waals surface area contributed by atoms with Gasteiger partial charge in [-0.1, -0.05) is 19.8 Å². The van der Waals surface area contributed by atoms with Gasteiger partial charge >= 0.3 is 0 Å². The van der Waals surface area contributed by atoms with Crippen molar-refractivity contribution >= 4 is 5.78 Å². The minimum Gasteiger partial charge on any atom is -0.299 e. The lowest BCUT2D eigenvalue weighted by molar-refractivity contribution is -0.118. The van der Waals surface area contributed by atoms with Crippen molar-refractivity contribution in [1.82, 2.24) is 14.8 Å². The number of unbranched alkanes of at least 4 members (excludes halogenated alkanes) is 2. The van der Waals surface area contributed by atoms with Crippen molar-refractivity contribution in [2.24, 2.45) is 7.05 Å². The predicted molar refractivity (Wildman–Crippen MR) is 53.9 cm³/mol. The molecule has 0 spiro atoms. The Balaban J connectivity index is 2.31. The number of aromatic nitrogens is 3. The van der Waals surface area contributed by atoms with E-state index in [9.17, 15) is 4.79 Å². The summed E-state index contributed by atoms with van der Waals surface area (Å²) in [5.74, 6) is 1.01. The molecule has 1 aromatic rings. The van der Waals surface area contributed by atoms with Crippen LogP contribution in [0.1, 0.15) is 38.4 Å². The standard InChI is InChI=1S/C10H17N3O/c1-3-4-5-6-9(14)7-10-11-8-12-13(10)2/h8H,3-7H2,1-2H3. The van der Waals surface area contributed by atoms with Gasteiger partial charge in [-0.15, -0.1) is 0 Å². The van der Waals surface area contributed by atoms with Gasteiger partial charge in [-0.2, -0.15) is 5.10 Å². The normalized spacial score (nSPS) is 10.4. The van der Waals surface area contributed by atoms with Crippen molar-refractivity contribution < 1.29 is 4.79 Å². The van der Waals surface area contributed by atoms with Crippen LogP contribution in [0.3, 0.4) is 0 Å². The van der Waals surface area contributed by atoms with Gasteiger partial charge in [0.15, 0.2) is 0 Å². The van der Waals surface area contributed by atoms with Gasteiger partial charge in [0.25, 0.3) is 0 Å². The van der Waals surface area contributed by atoms with E-state index in [4.69, 9.17) is 0 Å². The van der Waals surface area contributed by atoms with E-state index in [0.29, 0.717) is 12.8 Å². The molecule has 0 fully saturated rings. The minimum absolute atomic E-state index is 0.259. The van der Waals surface area contributed by atoms with Crippen LogP contribution in [0.5, 0.6) is 0 Å². The van der Waals surface area contributed by atoms with E-state index >= 15 is 0 Å². The van der Waals surface area contributed by atoms with Crippen molar-refractivity contribution in [2.75, 3.05) is 0 Å². The summed E-state index contributed by atoms with van der Waals surface area (Å²) in [6.45, 7) is 2.13. The number of Topliss-reactive ketones (excluding diaryl/α,β-unsaturated/α-hetero) is 1. The molecule has 0 unspecified atom stereocenters. The molecule has 0 aliphatic rings. The summed E-state index contributed by atoms with van der Waals surface area (Å²) in [5, 5.41) is 3.92. The van der Waals surface area contributed by atoms with Gasteiger partial charge in [0.05, 0.1) is 6.42 Å². The lowest BCUT2D eigenvalue weighted by atomic mass is 10.1. The first-order chi connectivity index (χ1) is 6.74. The maximum absolute atomic E-state index is 11.5. The Morgan fingerprint density at radius 1 is 1.50 bits per heavy atom. The second-order valence-corrected chi connectivity index (χ2v) is 3.47. The third kappa shape index (κ3) is 3.28. The lowest BCUT2D eigenvalue weighted by Crippen LogP contribution is -2.08. The highest BCUT2D eigenvalue weighted by molar-refractivity contribution is 5.80. The topological polar surface area (TPSA) is 47.8 Å². The molecule has 0 bridgehead atoms. The number of nitrogens with zero attached hydrogens (tertiary/aromatic N) is 3. The molecule has 0 aliphatic carbocycles. The summed E-state index contributed by atoms with van der Waals surface area (Å²) in [6, 6.07) is 0. The molecule has 1 heterocycles. The number of aryl methyl sites for hydroxylation is 1. The van der Waals surface area contributed by atoms with Crippen molar-refractivity contribution in [2.45, 2.75) is 39.0 Å². The van der Waals surface area contributed by atoms with Gasteiger partial charge in [0.1, 0.15) is 17.9 Å². The summed E-state index contributed by atoms with van der Waals surface area (Å²) < 4.78 is 1.65. The largest absolute Gasteiger partial charge is 0.299 e. The van der Waals surface area contributed by atoms with Crippen molar-refractivity contribution in [3.63, 3.8) is 0 Å². The molecule has 0 aromatic carbocycles. The van der Waals surface area contributed by atoms with Crippen molar-refractivity contribution in [3.05, 3.63) is 12.2 Å². The summed E-state index contributed by atoms with van der Waals surface area (Å²) in [4.78, 5) is 15.5. The van der Waals surface area contributed by atoms with E-state index in [1.54, 1.807) is 4.68 Å². The van der Waals surface area contributed by atoms with Gasteiger partial charge in [-0.3, -0.25) is 9.48 Å². The Morgan fingerprint density at radius 2 is 2.29 bits per heavy atom. The highest BCUT2D eigenvalue weighted by Gasteiger charge is 2.07. The van der Waals surface area contributed by atoms with E-state index in [1.807, 2.05) is 7.05 Å². The average Bonchev–Trinajstić information content (AvgIpc) is 2.52. The molecule has 0 saturated carbocycles. The fourth-order valence-electron chi connectivity index (χ4n) is 1.32. The van der Waals surface area contributed by atoms with Crippen LogP contribution in [0.15, 0.2) is 6.33 Å². The molecule has 1 rings (SSSR count). The first-order valence-electron chi connectivity index (χ1n) is 5.08. The maximum atomic E-state index is 11.5. The molecule has 1 aromatic heterocycles. The number of ketones is 1. The highest BCUT2D eigenvalue weighted by atomic mass is 16.1. The zero-order valence-electron chi connectivity index (χ0n) is 8.86. The molecule has 0 aliphatic heterocycles. The molecule has 0 N–H and O–H groups in total. The van der Waals surface area contributed by atoms with Crippen LogP contribution in [0, 0.1) is 0 Å². The SMILES string of the molecule is CCCCCC(=O)Cc1ncnn1C. The molecule has 0 amide bonds. The third-order valence-electron chi connectivity index (χ3n) is 2.22. The summed E-state index contributed by atoms with van der Waals surface area (Å²) in [5.41, 5.74) is 0. The Hall–Kier alpha value is -1.19. The summed E-state index contributed by atoms with van der Waals surface area (Å²) in [6.07, 6.45) is 5.84. The van der Waals surface area contributed by atoms with Crippen LogP contribution < -0.4 is 0 Å². The highest BCUT2D eigenvalue weighted by Crippen LogP contribution is 2.03. The van der Waals surface area contributed by atoms with Crippen molar-refractivity contribution in [1.29, 1.82) is 0 Å². The zero-order valence-corrected chi connectivity index (χ0v) is 8.86. The van der Waals surface area contributed by atoms with Gasteiger partial charge in [0.2, 0.25) is 0 Å². The lowest BCUT2D eigenvalue weighted by Gasteiger charge is -1.99. The molecular weight excluding hydrogens is 178 g/mol. The number of hydrogen-bond acceptors (Lipinski definition) is 3. The van der Waals surface area contributed by atoms with Gasteiger partial charge in [0, 0.05) is 13.5 Å². The molecule has 4 heteroatoms. The van der Waals surface area contributed by atoms with Crippen LogP contribution in [-0.2, 0) is 18.3 Å². The molecular formula is C10H17N3O. The fourth-order valence-corrected chi connectivity index (χ4v) is 1.32. The van der Waals surface area contributed by atoms with Gasteiger partial charge in [-0.25, -0.2) is 4.98 Å². The second kappa shape index (κ2) is 5.52.